The number of benzene rings is 3. The molecule has 0 saturated heterocycles. The molecule has 1 aliphatic rings. The molecule has 0 aliphatic carbocycles. The van der Waals surface area contributed by atoms with Crippen molar-refractivity contribution in [2.45, 2.75) is 12.6 Å². The monoisotopic (exact) mass is 451 g/mol. The number of hydrogen-bond acceptors (Lipinski definition) is 6. The van der Waals surface area contributed by atoms with E-state index in [2.05, 4.69) is 0 Å². The lowest BCUT2D eigenvalue weighted by atomic mass is 10.1. The summed E-state index contributed by atoms with van der Waals surface area (Å²) in [6.07, 6.45) is -1.49. The number of carboxylic acid groups (broad SMARTS) is 1. The van der Waals surface area contributed by atoms with E-state index >= 15 is 0 Å². The molecule has 1 amide bonds. The van der Waals surface area contributed by atoms with E-state index in [1.54, 1.807) is 72.8 Å². The van der Waals surface area contributed by atoms with Crippen molar-refractivity contribution in [3.63, 3.8) is 0 Å². The highest BCUT2D eigenvalue weighted by Crippen LogP contribution is 2.33. The van der Waals surface area contributed by atoms with Crippen LogP contribution >= 0.6 is 0 Å². The summed E-state index contributed by atoms with van der Waals surface area (Å²) in [5.41, 5.74) is 1.23. The molecule has 8 nitrogen and oxygen atoms in total. The molecule has 1 heterocycles. The van der Waals surface area contributed by atoms with Gasteiger partial charge in [-0.3, -0.25) is 4.79 Å². The number of aliphatic carboxylic acids is 1. The van der Waals surface area contributed by atoms with E-state index in [0.717, 1.165) is 8.61 Å². The molecule has 1 unspecified atom stereocenters. The van der Waals surface area contributed by atoms with Gasteiger partial charge in [-0.05, 0) is 23.3 Å². The number of fused-ring (bicyclic) bond motifs is 1. The maximum atomic E-state index is 13.4. The number of carbonyl (C=O) groups excluding carboxylic acids is 2. The average Bonchev–Trinajstić information content (AvgIpc) is 2.80. The number of rotatable bonds is 7. The van der Waals surface area contributed by atoms with Crippen molar-refractivity contribution in [2.24, 2.45) is 0 Å². The molecule has 164 valence electrons. The lowest BCUT2D eigenvalue weighted by molar-refractivity contribution is -0.317. The van der Waals surface area contributed by atoms with Crippen molar-refractivity contribution in [2.75, 3.05) is 11.0 Å². The van der Waals surface area contributed by atoms with Crippen molar-refractivity contribution in [3.05, 3.63) is 102 Å². The lowest BCUT2D eigenvalue weighted by Gasteiger charge is -2.37. The smallest absolute Gasteiger partial charge is 0.331 e. The number of anilines is 1. The van der Waals surface area contributed by atoms with Crippen molar-refractivity contribution in [1.82, 2.24) is 4.31 Å². The third-order valence-electron chi connectivity index (χ3n) is 5.03. The van der Waals surface area contributed by atoms with Gasteiger partial charge in [0.25, 0.3) is 5.91 Å². The van der Waals surface area contributed by atoms with Crippen LogP contribution in [0.1, 0.15) is 27.6 Å². The molecule has 0 aromatic heterocycles. The van der Waals surface area contributed by atoms with Gasteiger partial charge in [0.2, 0.25) is 0 Å². The maximum absolute atomic E-state index is 13.4. The van der Waals surface area contributed by atoms with Gasteiger partial charge in [-0.25, -0.2) is 8.61 Å². The molecule has 0 saturated carbocycles. The minimum atomic E-state index is -4.35. The average molecular weight is 451 g/mol. The van der Waals surface area contributed by atoms with Crippen LogP contribution in [0.25, 0.3) is 0 Å². The number of nitrogens with zero attached hydrogens (tertiary/aromatic N) is 2. The molecule has 4 rings (SSSR count). The molecular formula is C23H19N2O6S-. The Morgan fingerprint density at radius 2 is 1.47 bits per heavy atom. The normalized spacial score (nSPS) is 15.8. The Morgan fingerprint density at radius 1 is 0.875 bits per heavy atom. The van der Waals surface area contributed by atoms with Crippen LogP contribution < -0.4 is 9.41 Å². The van der Waals surface area contributed by atoms with E-state index in [1.807, 2.05) is 0 Å². The van der Waals surface area contributed by atoms with E-state index in [1.165, 1.54) is 12.1 Å². The van der Waals surface area contributed by atoms with Crippen LogP contribution in [0.4, 0.5) is 5.69 Å². The topological polar surface area (TPSA) is 107 Å². The Bertz CT molecular complexity index is 1230. The van der Waals surface area contributed by atoms with E-state index in [0.29, 0.717) is 11.1 Å². The summed E-state index contributed by atoms with van der Waals surface area (Å²) in [6.45, 7) is -0.791. The molecule has 3 aromatic rings. The van der Waals surface area contributed by atoms with E-state index < -0.39 is 34.9 Å². The molecule has 0 N–H and O–H groups in total. The number of para-hydroxylation sites is 1. The molecule has 0 fully saturated rings. The van der Waals surface area contributed by atoms with Gasteiger partial charge >= 0.3 is 10.2 Å². The number of carbonyl (C=O) groups is 2. The molecular weight excluding hydrogens is 432 g/mol. The summed E-state index contributed by atoms with van der Waals surface area (Å²) in [7, 11) is -4.35. The quantitative estimate of drug-likeness (QED) is 0.543. The number of amides is 1. The first-order valence-electron chi connectivity index (χ1n) is 9.74. The first-order chi connectivity index (χ1) is 15.4. The summed E-state index contributed by atoms with van der Waals surface area (Å²) < 4.78 is 33.9. The second-order valence-electron chi connectivity index (χ2n) is 7.08. The highest BCUT2D eigenvalue weighted by atomic mass is 32.2. The van der Waals surface area contributed by atoms with Crippen LogP contribution in [-0.2, 0) is 26.3 Å². The predicted octanol–water partition coefficient (Wildman–Crippen LogP) is 1.86. The molecule has 0 bridgehead atoms. The van der Waals surface area contributed by atoms with Crippen LogP contribution in [0.15, 0.2) is 84.9 Å². The summed E-state index contributed by atoms with van der Waals surface area (Å²) in [5, 5.41) is 11.7. The molecule has 0 spiro atoms. The van der Waals surface area contributed by atoms with Crippen LogP contribution in [0.5, 0.6) is 0 Å². The van der Waals surface area contributed by atoms with E-state index in [-0.39, 0.29) is 17.8 Å². The first kappa shape index (κ1) is 21.5. The van der Waals surface area contributed by atoms with E-state index in [4.69, 9.17) is 4.74 Å². The fourth-order valence-corrected chi connectivity index (χ4v) is 4.92. The maximum Gasteiger partial charge on any atom is 0.331 e. The Balaban J connectivity index is 1.69. The van der Waals surface area contributed by atoms with Gasteiger partial charge in [0.15, 0.2) is 0 Å². The van der Waals surface area contributed by atoms with Gasteiger partial charge in [-0.2, -0.15) is 8.42 Å². The van der Waals surface area contributed by atoms with Crippen LogP contribution in [0.3, 0.4) is 0 Å². The zero-order chi connectivity index (χ0) is 22.7. The molecule has 0 radical (unpaired) electrons. The van der Waals surface area contributed by atoms with Crippen LogP contribution in [-0.4, -0.2) is 31.3 Å². The standard InChI is InChI=1S/C23H20N2O6S/c26-22-19-13-7-8-14-20(19)25(16-31-21(23(27)28)18-11-5-2-6-12-18)32(29,30)24(22)15-17-9-3-1-4-10-17/h1-14,21H,15-16H2,(H,27,28)/p-1. The van der Waals surface area contributed by atoms with Crippen molar-refractivity contribution >= 4 is 27.8 Å². The zero-order valence-electron chi connectivity index (χ0n) is 16.8. The SMILES string of the molecule is O=C([O-])C(OCN1c2ccccc2C(=O)N(Cc2ccccc2)S1(=O)=O)c1ccccc1. The molecule has 9 heteroatoms. The molecule has 1 aliphatic heterocycles. The summed E-state index contributed by atoms with van der Waals surface area (Å²) >= 11 is 0. The second-order valence-corrected chi connectivity index (χ2v) is 8.85. The van der Waals surface area contributed by atoms with Gasteiger partial charge in [-0.1, -0.05) is 72.8 Å². The third-order valence-corrected chi connectivity index (χ3v) is 6.74. The minimum absolute atomic E-state index is 0.118. The summed E-state index contributed by atoms with van der Waals surface area (Å²) in [4.78, 5) is 24.7. The molecule has 3 aromatic carbocycles. The minimum Gasteiger partial charge on any atom is -0.547 e. The second kappa shape index (κ2) is 8.81. The molecule has 1 atom stereocenters. The van der Waals surface area contributed by atoms with Crippen molar-refractivity contribution in [3.8, 4) is 0 Å². The van der Waals surface area contributed by atoms with Crippen LogP contribution in [0, 0.1) is 0 Å². The summed E-state index contributed by atoms with van der Waals surface area (Å²) in [6, 6.07) is 23.0. The Morgan fingerprint density at radius 3 is 2.12 bits per heavy atom. The fraction of sp³-hybridized carbons (Fsp3) is 0.130. The number of ether oxygens (including phenoxy) is 1. The third kappa shape index (κ3) is 4.08. The zero-order valence-corrected chi connectivity index (χ0v) is 17.6. The Labute approximate surface area is 185 Å². The largest absolute Gasteiger partial charge is 0.547 e. The number of carboxylic acids is 1. The predicted molar refractivity (Wildman–Crippen MR) is 114 cm³/mol. The highest BCUT2D eigenvalue weighted by Gasteiger charge is 2.42. The lowest BCUT2D eigenvalue weighted by Crippen LogP contribution is -2.52. The van der Waals surface area contributed by atoms with Gasteiger partial charge in [0.1, 0.15) is 12.8 Å². The number of hydrogen-bond donors (Lipinski definition) is 0. The van der Waals surface area contributed by atoms with E-state index in [9.17, 15) is 23.1 Å². The fourth-order valence-electron chi connectivity index (χ4n) is 3.46. The van der Waals surface area contributed by atoms with Gasteiger partial charge in [0, 0.05) is 0 Å². The highest BCUT2D eigenvalue weighted by molar-refractivity contribution is 7.91. The van der Waals surface area contributed by atoms with Gasteiger partial charge < -0.3 is 14.6 Å². The first-order valence-corrected chi connectivity index (χ1v) is 11.1. The van der Waals surface area contributed by atoms with Crippen molar-refractivity contribution in [1.29, 1.82) is 0 Å². The van der Waals surface area contributed by atoms with Gasteiger partial charge in [0.05, 0.1) is 23.8 Å². The Kier molecular flexibility index (Phi) is 5.93. The van der Waals surface area contributed by atoms with Crippen LogP contribution in [0.2, 0.25) is 0 Å². The van der Waals surface area contributed by atoms with Gasteiger partial charge in [-0.15, -0.1) is 0 Å². The molecule has 32 heavy (non-hydrogen) atoms. The Hall–Kier alpha value is -3.69. The summed E-state index contributed by atoms with van der Waals surface area (Å²) in [5.74, 6) is -2.17. The van der Waals surface area contributed by atoms with Crippen molar-refractivity contribution < 1.29 is 27.9 Å².